The summed E-state index contributed by atoms with van der Waals surface area (Å²) in [5.41, 5.74) is 0.0207. The van der Waals surface area contributed by atoms with Gasteiger partial charge in [0.1, 0.15) is 4.90 Å². The van der Waals surface area contributed by atoms with Crippen molar-refractivity contribution in [3.8, 4) is 0 Å². The van der Waals surface area contributed by atoms with Gasteiger partial charge >= 0.3 is 0 Å². The molecule has 0 radical (unpaired) electrons. The molecule has 2 heterocycles. The summed E-state index contributed by atoms with van der Waals surface area (Å²) < 4.78 is 27.1. The fraction of sp³-hybridized carbons (Fsp3) is 0.278. The number of pyridine rings is 1. The molecular weight excluding hydrogens is 370 g/mol. The number of rotatable bonds is 7. The second-order valence-electron chi connectivity index (χ2n) is 6.06. The molecule has 27 heavy (non-hydrogen) atoms. The summed E-state index contributed by atoms with van der Waals surface area (Å²) in [6, 6.07) is 10.9. The minimum absolute atomic E-state index is 0.0243. The fourth-order valence-electron chi connectivity index (χ4n) is 2.87. The van der Waals surface area contributed by atoms with Crippen molar-refractivity contribution in [2.75, 3.05) is 13.1 Å². The van der Waals surface area contributed by atoms with Gasteiger partial charge < -0.3 is 9.88 Å². The number of aryl methyl sites for hydroxylation is 1. The van der Waals surface area contributed by atoms with E-state index in [0.717, 1.165) is 4.31 Å². The maximum Gasteiger partial charge on any atom is 0.269 e. The van der Waals surface area contributed by atoms with Gasteiger partial charge in [-0.15, -0.1) is 0 Å². The van der Waals surface area contributed by atoms with Gasteiger partial charge in [0.2, 0.25) is 11.5 Å². The maximum absolute atomic E-state index is 12.4. The van der Waals surface area contributed by atoms with Gasteiger partial charge in [-0.3, -0.25) is 14.4 Å². The van der Waals surface area contributed by atoms with Crippen molar-refractivity contribution in [2.24, 2.45) is 0 Å². The predicted molar refractivity (Wildman–Crippen MR) is 97.6 cm³/mol. The van der Waals surface area contributed by atoms with Crippen molar-refractivity contribution < 1.29 is 18.0 Å². The number of aromatic nitrogens is 1. The Kier molecular flexibility index (Phi) is 5.41. The molecule has 2 amide bonds. The molecule has 0 fully saturated rings. The number of benzene rings is 1. The number of sulfonamides is 1. The van der Waals surface area contributed by atoms with Crippen molar-refractivity contribution in [3.05, 3.63) is 64.6 Å². The zero-order valence-corrected chi connectivity index (χ0v) is 15.3. The Hall–Kier alpha value is -2.94. The zero-order valence-electron chi connectivity index (χ0n) is 14.5. The van der Waals surface area contributed by atoms with Crippen molar-refractivity contribution >= 4 is 21.8 Å². The van der Waals surface area contributed by atoms with E-state index in [1.165, 1.54) is 18.2 Å². The van der Waals surface area contributed by atoms with Crippen molar-refractivity contribution in [1.29, 1.82) is 0 Å². The molecule has 2 aromatic rings. The van der Waals surface area contributed by atoms with Gasteiger partial charge in [-0.1, -0.05) is 18.2 Å². The molecule has 1 aliphatic heterocycles. The predicted octanol–water partition coefficient (Wildman–Crippen LogP) is 0.589. The Bertz CT molecular complexity index is 1030. The number of amides is 2. The van der Waals surface area contributed by atoms with Crippen molar-refractivity contribution in [3.63, 3.8) is 0 Å². The summed E-state index contributed by atoms with van der Waals surface area (Å²) in [5, 5.41) is 2.67. The molecule has 1 aliphatic rings. The van der Waals surface area contributed by atoms with E-state index in [2.05, 4.69) is 5.32 Å². The van der Waals surface area contributed by atoms with E-state index < -0.39 is 15.9 Å². The average molecular weight is 389 g/mol. The van der Waals surface area contributed by atoms with Crippen LogP contribution >= 0.6 is 0 Å². The highest BCUT2D eigenvalue weighted by Gasteiger charge is 2.40. The van der Waals surface area contributed by atoms with Gasteiger partial charge in [0, 0.05) is 38.3 Å². The van der Waals surface area contributed by atoms with Crippen LogP contribution in [0.4, 0.5) is 0 Å². The summed E-state index contributed by atoms with van der Waals surface area (Å²) in [6.45, 7) is 0.606. The molecule has 9 heteroatoms. The Labute approximate surface area is 156 Å². The smallest absolute Gasteiger partial charge is 0.269 e. The summed E-state index contributed by atoms with van der Waals surface area (Å²) in [4.78, 5) is 35.8. The first-order valence-electron chi connectivity index (χ1n) is 8.49. The topological polar surface area (TPSA) is 106 Å². The van der Waals surface area contributed by atoms with E-state index in [4.69, 9.17) is 0 Å². The monoisotopic (exact) mass is 389 g/mol. The highest BCUT2D eigenvalue weighted by Crippen LogP contribution is 2.29. The number of nitrogens with zero attached hydrogens (tertiary/aromatic N) is 2. The normalized spacial score (nSPS) is 14.8. The van der Waals surface area contributed by atoms with Crippen molar-refractivity contribution in [2.45, 2.75) is 24.3 Å². The van der Waals surface area contributed by atoms with E-state index in [0.29, 0.717) is 19.5 Å². The molecule has 142 valence electrons. The molecule has 0 saturated carbocycles. The van der Waals surface area contributed by atoms with E-state index in [1.54, 1.807) is 35.0 Å². The minimum atomic E-state index is -3.89. The quantitative estimate of drug-likeness (QED) is 0.698. The Morgan fingerprint density at radius 2 is 1.74 bits per heavy atom. The molecular formula is C18H19N3O5S. The van der Waals surface area contributed by atoms with Gasteiger partial charge in [0.25, 0.3) is 15.9 Å². The lowest BCUT2D eigenvalue weighted by Crippen LogP contribution is -2.35. The summed E-state index contributed by atoms with van der Waals surface area (Å²) in [5.74, 6) is -0.962. The Morgan fingerprint density at radius 3 is 2.48 bits per heavy atom. The van der Waals surface area contributed by atoms with E-state index in [9.17, 15) is 22.8 Å². The second kappa shape index (κ2) is 7.75. The first-order valence-corrected chi connectivity index (χ1v) is 9.93. The van der Waals surface area contributed by atoms with Crippen LogP contribution < -0.4 is 10.9 Å². The molecule has 1 N–H and O–H groups in total. The van der Waals surface area contributed by atoms with Gasteiger partial charge in [-0.05, 0) is 24.6 Å². The standard InChI is InChI=1S/C18H19N3O5S/c22-16(19-10-5-12-20-11-4-3-8-17(20)23)9-13-21-18(24)14-6-1-2-7-15(14)27(21,25)26/h1-4,6-8,11H,5,9-10,12-13H2,(H,19,22). The Morgan fingerprint density at radius 1 is 1.00 bits per heavy atom. The highest BCUT2D eigenvalue weighted by molar-refractivity contribution is 7.90. The van der Waals surface area contributed by atoms with Crippen LogP contribution in [0.25, 0.3) is 0 Å². The fourth-order valence-corrected chi connectivity index (χ4v) is 4.44. The van der Waals surface area contributed by atoms with E-state index in [1.807, 2.05) is 0 Å². The van der Waals surface area contributed by atoms with Crippen LogP contribution in [-0.2, 0) is 21.4 Å². The second-order valence-corrected chi connectivity index (χ2v) is 7.89. The lowest BCUT2D eigenvalue weighted by atomic mass is 10.2. The number of hydrogen-bond acceptors (Lipinski definition) is 5. The van der Waals surface area contributed by atoms with E-state index in [-0.39, 0.29) is 34.9 Å². The third kappa shape index (κ3) is 3.92. The van der Waals surface area contributed by atoms with Gasteiger partial charge in [0.15, 0.2) is 0 Å². The largest absolute Gasteiger partial charge is 0.356 e. The van der Waals surface area contributed by atoms with Gasteiger partial charge in [0.05, 0.1) is 5.56 Å². The first-order chi connectivity index (χ1) is 12.9. The molecule has 0 saturated heterocycles. The summed E-state index contributed by atoms with van der Waals surface area (Å²) in [6.07, 6.45) is 2.11. The van der Waals surface area contributed by atoms with Crippen molar-refractivity contribution in [1.82, 2.24) is 14.2 Å². The van der Waals surface area contributed by atoms with Crippen LogP contribution in [-0.4, -0.2) is 42.2 Å². The van der Waals surface area contributed by atoms with E-state index >= 15 is 0 Å². The molecule has 1 aromatic carbocycles. The number of hydrogen-bond donors (Lipinski definition) is 1. The third-order valence-electron chi connectivity index (χ3n) is 4.25. The molecule has 0 bridgehead atoms. The average Bonchev–Trinajstić information content (AvgIpc) is 2.85. The maximum atomic E-state index is 12.4. The van der Waals surface area contributed by atoms with Gasteiger partial charge in [-0.25, -0.2) is 12.7 Å². The SMILES string of the molecule is O=C(CCN1C(=O)c2ccccc2S1(=O)=O)NCCCn1ccccc1=O. The number of nitrogens with one attached hydrogen (secondary N) is 1. The molecule has 0 aliphatic carbocycles. The van der Waals surface area contributed by atoms with Crippen LogP contribution in [0.15, 0.2) is 58.4 Å². The number of carbonyl (C=O) groups is 2. The molecule has 1 aromatic heterocycles. The summed E-state index contributed by atoms with van der Waals surface area (Å²) >= 11 is 0. The molecule has 0 atom stereocenters. The molecule has 8 nitrogen and oxygen atoms in total. The lowest BCUT2D eigenvalue weighted by molar-refractivity contribution is -0.121. The molecule has 0 unspecified atom stereocenters. The zero-order chi connectivity index (χ0) is 19.4. The van der Waals surface area contributed by atoms with Gasteiger partial charge in [-0.2, -0.15) is 0 Å². The van der Waals surface area contributed by atoms with Crippen LogP contribution in [0.1, 0.15) is 23.2 Å². The van der Waals surface area contributed by atoms with Crippen LogP contribution in [0, 0.1) is 0 Å². The minimum Gasteiger partial charge on any atom is -0.356 e. The molecule has 3 rings (SSSR count). The van der Waals surface area contributed by atoms with Crippen LogP contribution in [0.3, 0.4) is 0 Å². The Balaban J connectivity index is 1.48. The first kappa shape index (κ1) is 18.8. The van der Waals surface area contributed by atoms with Crippen LogP contribution in [0.2, 0.25) is 0 Å². The lowest BCUT2D eigenvalue weighted by Gasteiger charge is -2.14. The summed E-state index contributed by atoms with van der Waals surface area (Å²) in [7, 11) is -3.89. The third-order valence-corrected chi connectivity index (χ3v) is 6.09. The highest BCUT2D eigenvalue weighted by atomic mass is 32.2. The number of fused-ring (bicyclic) bond motifs is 1. The van der Waals surface area contributed by atoms with Crippen LogP contribution in [0.5, 0.6) is 0 Å². The number of carbonyl (C=O) groups excluding carboxylic acids is 2. The molecule has 0 spiro atoms.